The number of hydrogen-bond donors (Lipinski definition) is 1. The molecule has 0 radical (unpaired) electrons. The first-order chi connectivity index (χ1) is 15.0. The van der Waals surface area contributed by atoms with Crippen molar-refractivity contribution in [1.29, 1.82) is 0 Å². The van der Waals surface area contributed by atoms with E-state index in [0.717, 1.165) is 12.8 Å². The fraction of sp³-hybridized carbons (Fsp3) is 0.435. The number of rotatable bonds is 5. The molecule has 8 heteroatoms. The highest BCUT2D eigenvalue weighted by atomic mass is 35.5. The second kappa shape index (κ2) is 9.83. The van der Waals surface area contributed by atoms with E-state index in [1.165, 1.54) is 24.2 Å². The van der Waals surface area contributed by atoms with Gasteiger partial charge in [-0.1, -0.05) is 30.5 Å². The van der Waals surface area contributed by atoms with Gasteiger partial charge in [0.2, 0.25) is 5.91 Å². The molecule has 0 atom stereocenters. The second-order valence-corrected chi connectivity index (χ2v) is 9.51. The van der Waals surface area contributed by atoms with Crippen molar-refractivity contribution in [3.8, 4) is 0 Å². The standard InChI is InChI=1S/C23H26ClN3O3S/c24-18-8-7-17(15-19(18)25-22(29)20-6-3-13-31-20)23(30)27-11-9-26(10-12-27)21(28)14-16-4-1-2-5-16/h3,6-8,13,15-16H,1-2,4-5,9-12,14H2,(H,25,29). The van der Waals surface area contributed by atoms with Gasteiger partial charge in [-0.15, -0.1) is 11.3 Å². The van der Waals surface area contributed by atoms with Gasteiger partial charge in [-0.25, -0.2) is 0 Å². The summed E-state index contributed by atoms with van der Waals surface area (Å²) >= 11 is 7.57. The van der Waals surface area contributed by atoms with Gasteiger partial charge < -0.3 is 15.1 Å². The Kier molecular flexibility index (Phi) is 6.92. The molecular formula is C23H26ClN3O3S. The summed E-state index contributed by atoms with van der Waals surface area (Å²) in [5, 5.41) is 4.99. The van der Waals surface area contributed by atoms with Gasteiger partial charge in [0.1, 0.15) is 0 Å². The Bertz CT molecular complexity index is 949. The number of thiophene rings is 1. The van der Waals surface area contributed by atoms with Gasteiger partial charge in [-0.2, -0.15) is 0 Å². The Morgan fingerprint density at radius 3 is 2.42 bits per heavy atom. The van der Waals surface area contributed by atoms with Gasteiger partial charge in [-0.05, 0) is 48.4 Å². The summed E-state index contributed by atoms with van der Waals surface area (Å²) in [5.41, 5.74) is 0.882. The molecular weight excluding hydrogens is 434 g/mol. The van der Waals surface area contributed by atoms with Gasteiger partial charge in [0, 0.05) is 38.2 Å². The highest BCUT2D eigenvalue weighted by Crippen LogP contribution is 2.28. The van der Waals surface area contributed by atoms with E-state index in [4.69, 9.17) is 11.6 Å². The average Bonchev–Trinajstić information content (AvgIpc) is 3.49. The zero-order chi connectivity index (χ0) is 21.8. The topological polar surface area (TPSA) is 69.7 Å². The Hall–Kier alpha value is -2.38. The minimum absolute atomic E-state index is 0.119. The van der Waals surface area contributed by atoms with Crippen LogP contribution in [0.25, 0.3) is 0 Å². The molecule has 1 aliphatic heterocycles. The van der Waals surface area contributed by atoms with E-state index >= 15 is 0 Å². The first-order valence-electron chi connectivity index (χ1n) is 10.7. The van der Waals surface area contributed by atoms with Crippen LogP contribution in [0.4, 0.5) is 5.69 Å². The molecule has 2 heterocycles. The first-order valence-corrected chi connectivity index (χ1v) is 12.0. The van der Waals surface area contributed by atoms with Crippen molar-refractivity contribution < 1.29 is 14.4 Å². The average molecular weight is 460 g/mol. The lowest BCUT2D eigenvalue weighted by Crippen LogP contribution is -2.50. The van der Waals surface area contributed by atoms with E-state index in [9.17, 15) is 14.4 Å². The van der Waals surface area contributed by atoms with E-state index in [1.54, 1.807) is 35.2 Å². The van der Waals surface area contributed by atoms with Crippen LogP contribution in [0, 0.1) is 5.92 Å². The van der Waals surface area contributed by atoms with Crippen LogP contribution >= 0.6 is 22.9 Å². The molecule has 4 rings (SSSR count). The lowest BCUT2D eigenvalue weighted by atomic mass is 10.0. The van der Waals surface area contributed by atoms with Crippen molar-refractivity contribution in [2.75, 3.05) is 31.5 Å². The van der Waals surface area contributed by atoms with Crippen LogP contribution in [0.3, 0.4) is 0 Å². The molecule has 1 N–H and O–H groups in total. The molecule has 2 aliphatic rings. The van der Waals surface area contributed by atoms with Gasteiger partial charge in [-0.3, -0.25) is 14.4 Å². The maximum Gasteiger partial charge on any atom is 0.265 e. The lowest BCUT2D eigenvalue weighted by Gasteiger charge is -2.35. The zero-order valence-corrected chi connectivity index (χ0v) is 18.9. The van der Waals surface area contributed by atoms with Crippen LogP contribution in [0.1, 0.15) is 52.1 Å². The number of amides is 3. The van der Waals surface area contributed by atoms with Crippen LogP contribution in [0.2, 0.25) is 5.02 Å². The fourth-order valence-corrected chi connectivity index (χ4v) is 5.06. The van der Waals surface area contributed by atoms with Gasteiger partial charge in [0.25, 0.3) is 11.8 Å². The maximum absolute atomic E-state index is 13.0. The molecule has 1 saturated carbocycles. The number of hydrogen-bond acceptors (Lipinski definition) is 4. The molecule has 0 bridgehead atoms. The number of nitrogens with zero attached hydrogens (tertiary/aromatic N) is 2. The van der Waals surface area contributed by atoms with E-state index in [0.29, 0.717) is 59.7 Å². The Labute approximate surface area is 191 Å². The van der Waals surface area contributed by atoms with E-state index < -0.39 is 0 Å². The summed E-state index contributed by atoms with van der Waals surface area (Å²) in [4.78, 5) is 42.1. The van der Waals surface area contributed by atoms with E-state index in [-0.39, 0.29) is 17.7 Å². The molecule has 6 nitrogen and oxygen atoms in total. The molecule has 1 aliphatic carbocycles. The van der Waals surface area contributed by atoms with Crippen molar-refractivity contribution in [2.24, 2.45) is 5.92 Å². The smallest absolute Gasteiger partial charge is 0.265 e. The highest BCUT2D eigenvalue weighted by molar-refractivity contribution is 7.12. The minimum atomic E-state index is -0.254. The third kappa shape index (κ3) is 5.28. The largest absolute Gasteiger partial charge is 0.339 e. The summed E-state index contributed by atoms with van der Waals surface area (Å²) in [6, 6.07) is 8.45. The summed E-state index contributed by atoms with van der Waals surface area (Å²) in [7, 11) is 0. The lowest BCUT2D eigenvalue weighted by molar-refractivity contribution is -0.133. The van der Waals surface area contributed by atoms with Crippen molar-refractivity contribution in [1.82, 2.24) is 9.80 Å². The molecule has 1 aromatic carbocycles. The van der Waals surface area contributed by atoms with Crippen LogP contribution < -0.4 is 5.32 Å². The maximum atomic E-state index is 13.0. The van der Waals surface area contributed by atoms with Gasteiger partial charge >= 0.3 is 0 Å². The number of carbonyl (C=O) groups excluding carboxylic acids is 3. The number of piperazine rings is 1. The number of anilines is 1. The second-order valence-electron chi connectivity index (χ2n) is 8.15. The molecule has 31 heavy (non-hydrogen) atoms. The monoisotopic (exact) mass is 459 g/mol. The van der Waals surface area contributed by atoms with E-state index in [2.05, 4.69) is 5.32 Å². The molecule has 2 aromatic rings. The third-order valence-electron chi connectivity index (χ3n) is 6.06. The van der Waals surface area contributed by atoms with Crippen molar-refractivity contribution in [2.45, 2.75) is 32.1 Å². The number of carbonyl (C=O) groups is 3. The third-order valence-corrected chi connectivity index (χ3v) is 7.26. The molecule has 3 amide bonds. The van der Waals surface area contributed by atoms with Gasteiger partial charge in [0.05, 0.1) is 15.6 Å². The predicted octanol–water partition coefficient (Wildman–Crippen LogP) is 4.52. The fourth-order valence-electron chi connectivity index (χ4n) is 4.28. The molecule has 2 fully saturated rings. The molecule has 0 unspecified atom stereocenters. The van der Waals surface area contributed by atoms with Crippen LogP contribution in [0.5, 0.6) is 0 Å². The van der Waals surface area contributed by atoms with Crippen LogP contribution in [-0.2, 0) is 4.79 Å². The predicted molar refractivity (Wildman–Crippen MR) is 123 cm³/mol. The zero-order valence-electron chi connectivity index (χ0n) is 17.3. The Morgan fingerprint density at radius 1 is 1.03 bits per heavy atom. The first kappa shape index (κ1) is 21.8. The highest BCUT2D eigenvalue weighted by Gasteiger charge is 2.27. The molecule has 164 valence electrons. The summed E-state index contributed by atoms with van der Waals surface area (Å²) in [6.07, 6.45) is 5.42. The SMILES string of the molecule is O=C(Nc1cc(C(=O)N2CCN(C(=O)CC3CCCC3)CC2)ccc1Cl)c1cccs1. The summed E-state index contributed by atoms with van der Waals surface area (Å²) in [5.74, 6) is 0.371. The van der Waals surface area contributed by atoms with Gasteiger partial charge in [0.15, 0.2) is 0 Å². The number of benzene rings is 1. The number of halogens is 1. The molecule has 1 saturated heterocycles. The van der Waals surface area contributed by atoms with Crippen molar-refractivity contribution >= 4 is 46.3 Å². The van der Waals surface area contributed by atoms with Crippen LogP contribution in [0.15, 0.2) is 35.7 Å². The normalized spacial score (nSPS) is 17.1. The summed E-state index contributed by atoms with van der Waals surface area (Å²) < 4.78 is 0. The van der Waals surface area contributed by atoms with Crippen LogP contribution in [-0.4, -0.2) is 53.7 Å². The quantitative estimate of drug-likeness (QED) is 0.714. The Balaban J connectivity index is 1.35. The molecule has 0 spiro atoms. The van der Waals surface area contributed by atoms with Crippen molar-refractivity contribution in [3.05, 3.63) is 51.2 Å². The summed E-state index contributed by atoms with van der Waals surface area (Å²) in [6.45, 7) is 2.14. The van der Waals surface area contributed by atoms with E-state index in [1.807, 2.05) is 10.3 Å². The molecule has 1 aromatic heterocycles. The number of nitrogens with one attached hydrogen (secondary N) is 1. The Morgan fingerprint density at radius 2 is 1.74 bits per heavy atom. The van der Waals surface area contributed by atoms with Crippen molar-refractivity contribution in [3.63, 3.8) is 0 Å². The minimum Gasteiger partial charge on any atom is -0.339 e.